The van der Waals surface area contributed by atoms with Gasteiger partial charge in [-0.3, -0.25) is 14.5 Å². The Morgan fingerprint density at radius 3 is 2.41 bits per heavy atom. The van der Waals surface area contributed by atoms with Gasteiger partial charge in [0.25, 0.3) is 0 Å². The van der Waals surface area contributed by atoms with Crippen molar-refractivity contribution in [3.63, 3.8) is 0 Å². The molecular formula is C14H17BrClFN2O3. The van der Waals surface area contributed by atoms with Crippen LogP contribution >= 0.6 is 28.3 Å². The summed E-state index contributed by atoms with van der Waals surface area (Å²) >= 11 is 3.17. The molecule has 5 nitrogen and oxygen atoms in total. The molecule has 22 heavy (non-hydrogen) atoms. The monoisotopic (exact) mass is 394 g/mol. The molecule has 0 radical (unpaired) electrons. The molecule has 1 aliphatic heterocycles. The summed E-state index contributed by atoms with van der Waals surface area (Å²) in [5, 5.41) is 8.99. The molecule has 0 spiro atoms. The Morgan fingerprint density at radius 2 is 1.95 bits per heavy atom. The van der Waals surface area contributed by atoms with Gasteiger partial charge in [0.1, 0.15) is 11.9 Å². The molecule has 1 aliphatic rings. The number of nitrogens with two attached hydrogens (primary N) is 1. The van der Waals surface area contributed by atoms with E-state index in [0.717, 1.165) is 0 Å². The second kappa shape index (κ2) is 7.89. The minimum atomic E-state index is -0.868. The number of likely N-dealkylation sites (tertiary alicyclic amines) is 1. The van der Waals surface area contributed by atoms with Gasteiger partial charge in [-0.25, -0.2) is 4.39 Å². The van der Waals surface area contributed by atoms with Crippen LogP contribution in [0.4, 0.5) is 4.39 Å². The van der Waals surface area contributed by atoms with Gasteiger partial charge in [0.05, 0.1) is 5.92 Å². The number of benzene rings is 1. The summed E-state index contributed by atoms with van der Waals surface area (Å²) in [5.41, 5.74) is 5.65. The zero-order chi connectivity index (χ0) is 15.6. The maximum Gasteiger partial charge on any atom is 0.306 e. The zero-order valence-corrected chi connectivity index (χ0v) is 14.1. The SMILES string of the molecule is Cl.NC(=O)C(c1ccc(Br)cc1F)N1CCC(C(=O)O)CC1. The number of halogens is 3. The highest BCUT2D eigenvalue weighted by Gasteiger charge is 2.33. The van der Waals surface area contributed by atoms with E-state index in [0.29, 0.717) is 30.4 Å². The number of hydrogen-bond acceptors (Lipinski definition) is 3. The summed E-state index contributed by atoms with van der Waals surface area (Å²) in [6, 6.07) is 3.60. The van der Waals surface area contributed by atoms with Crippen molar-refractivity contribution in [2.75, 3.05) is 13.1 Å². The first kappa shape index (κ1) is 18.9. The molecule has 0 aromatic heterocycles. The van der Waals surface area contributed by atoms with Gasteiger partial charge in [-0.15, -0.1) is 12.4 Å². The molecule has 1 heterocycles. The van der Waals surface area contributed by atoms with E-state index in [9.17, 15) is 14.0 Å². The lowest BCUT2D eigenvalue weighted by Gasteiger charge is -2.35. The Kier molecular flexibility index (Phi) is 6.77. The molecule has 1 saturated heterocycles. The van der Waals surface area contributed by atoms with E-state index in [1.165, 1.54) is 12.1 Å². The van der Waals surface area contributed by atoms with Gasteiger partial charge < -0.3 is 10.8 Å². The van der Waals surface area contributed by atoms with Crippen molar-refractivity contribution in [3.05, 3.63) is 34.1 Å². The topological polar surface area (TPSA) is 83.6 Å². The molecule has 122 valence electrons. The summed E-state index contributed by atoms with van der Waals surface area (Å²) in [6.45, 7) is 0.806. The predicted octanol–water partition coefficient (Wildman–Crippen LogP) is 2.33. The molecule has 0 saturated carbocycles. The van der Waals surface area contributed by atoms with Gasteiger partial charge >= 0.3 is 5.97 Å². The highest BCUT2D eigenvalue weighted by molar-refractivity contribution is 9.10. The summed E-state index contributed by atoms with van der Waals surface area (Å²) in [5.74, 6) is -2.39. The average molecular weight is 396 g/mol. The Balaban J connectivity index is 0.00000242. The number of rotatable bonds is 4. The van der Waals surface area contributed by atoms with E-state index in [1.807, 2.05) is 0 Å². The molecular weight excluding hydrogens is 379 g/mol. The minimum Gasteiger partial charge on any atom is -0.481 e. The van der Waals surface area contributed by atoms with E-state index in [-0.39, 0.29) is 18.0 Å². The molecule has 3 N–H and O–H groups in total. The fourth-order valence-electron chi connectivity index (χ4n) is 2.66. The number of nitrogens with zero attached hydrogens (tertiary/aromatic N) is 1. The molecule has 1 aromatic rings. The zero-order valence-electron chi connectivity index (χ0n) is 11.7. The van der Waals surface area contributed by atoms with Crippen molar-refractivity contribution >= 4 is 40.2 Å². The van der Waals surface area contributed by atoms with Crippen molar-refractivity contribution < 1.29 is 19.1 Å². The number of primary amides is 1. The first-order valence-electron chi connectivity index (χ1n) is 6.61. The minimum absolute atomic E-state index is 0. The van der Waals surface area contributed by atoms with Crippen LogP contribution in [0, 0.1) is 11.7 Å². The Hall–Kier alpha value is -1.18. The third-order valence-corrected chi connectivity index (χ3v) is 4.26. The Bertz CT molecular complexity index is 565. The second-order valence-electron chi connectivity index (χ2n) is 5.12. The van der Waals surface area contributed by atoms with Crippen molar-refractivity contribution in [2.45, 2.75) is 18.9 Å². The number of hydrogen-bond donors (Lipinski definition) is 2. The van der Waals surface area contributed by atoms with E-state index in [1.54, 1.807) is 11.0 Å². The summed E-state index contributed by atoms with van der Waals surface area (Å²) < 4.78 is 14.6. The van der Waals surface area contributed by atoms with Crippen LogP contribution in [0.5, 0.6) is 0 Å². The average Bonchev–Trinajstić information content (AvgIpc) is 2.42. The molecule has 1 aromatic carbocycles. The van der Waals surface area contributed by atoms with E-state index >= 15 is 0 Å². The van der Waals surface area contributed by atoms with Crippen molar-refractivity contribution in [1.29, 1.82) is 0 Å². The quantitative estimate of drug-likeness (QED) is 0.819. The van der Waals surface area contributed by atoms with Gasteiger partial charge in [0, 0.05) is 23.1 Å². The third kappa shape index (κ3) is 4.18. The maximum absolute atomic E-state index is 14.1. The number of carbonyl (C=O) groups is 2. The van der Waals surface area contributed by atoms with Crippen LogP contribution in [0.3, 0.4) is 0 Å². The molecule has 1 amide bonds. The van der Waals surface area contributed by atoms with Crippen LogP contribution in [0.15, 0.2) is 22.7 Å². The lowest BCUT2D eigenvalue weighted by molar-refractivity contribution is -0.143. The van der Waals surface area contributed by atoms with Gasteiger partial charge in [-0.2, -0.15) is 0 Å². The van der Waals surface area contributed by atoms with Gasteiger partial charge in [-0.05, 0) is 25.0 Å². The molecule has 0 aliphatic carbocycles. The van der Waals surface area contributed by atoms with Crippen LogP contribution in [0.25, 0.3) is 0 Å². The fraction of sp³-hybridized carbons (Fsp3) is 0.429. The normalized spacial score (nSPS) is 17.5. The van der Waals surface area contributed by atoms with Crippen LogP contribution in [-0.2, 0) is 9.59 Å². The number of aliphatic carboxylic acids is 1. The van der Waals surface area contributed by atoms with E-state index < -0.39 is 29.7 Å². The first-order valence-corrected chi connectivity index (χ1v) is 7.40. The van der Waals surface area contributed by atoms with Crippen LogP contribution in [0.2, 0.25) is 0 Å². The maximum atomic E-state index is 14.1. The summed E-state index contributed by atoms with van der Waals surface area (Å²) in [7, 11) is 0. The smallest absolute Gasteiger partial charge is 0.306 e. The lowest BCUT2D eigenvalue weighted by atomic mass is 9.94. The van der Waals surface area contributed by atoms with E-state index in [2.05, 4.69) is 15.9 Å². The van der Waals surface area contributed by atoms with Gasteiger partial charge in [0.15, 0.2) is 0 Å². The fourth-order valence-corrected chi connectivity index (χ4v) is 2.99. The summed E-state index contributed by atoms with van der Waals surface area (Å²) in [6.07, 6.45) is 0.856. The first-order chi connectivity index (χ1) is 9.90. The molecule has 2 rings (SSSR count). The molecule has 8 heteroatoms. The third-order valence-electron chi connectivity index (χ3n) is 3.77. The Morgan fingerprint density at radius 1 is 1.36 bits per heavy atom. The van der Waals surface area contributed by atoms with Gasteiger partial charge in [-0.1, -0.05) is 22.0 Å². The van der Waals surface area contributed by atoms with Crippen molar-refractivity contribution in [1.82, 2.24) is 4.90 Å². The highest BCUT2D eigenvalue weighted by Crippen LogP contribution is 2.29. The molecule has 0 bridgehead atoms. The van der Waals surface area contributed by atoms with E-state index in [4.69, 9.17) is 10.8 Å². The Labute approximate surface area is 142 Å². The number of piperidine rings is 1. The van der Waals surface area contributed by atoms with Gasteiger partial charge in [0.2, 0.25) is 5.91 Å². The van der Waals surface area contributed by atoms with Crippen molar-refractivity contribution in [3.8, 4) is 0 Å². The van der Waals surface area contributed by atoms with Crippen LogP contribution in [-0.4, -0.2) is 35.0 Å². The molecule has 1 unspecified atom stereocenters. The second-order valence-corrected chi connectivity index (χ2v) is 6.03. The number of carboxylic acids is 1. The number of amides is 1. The number of carboxylic acid groups (broad SMARTS) is 1. The summed E-state index contributed by atoms with van der Waals surface area (Å²) in [4.78, 5) is 24.4. The standard InChI is InChI=1S/C14H16BrFN2O3.ClH/c15-9-1-2-10(11(16)7-9)12(13(17)19)18-5-3-8(4-6-18)14(20)21;/h1-2,7-8,12H,3-6H2,(H2,17,19)(H,20,21);1H. The van der Waals surface area contributed by atoms with Crippen LogP contribution < -0.4 is 5.73 Å². The molecule has 1 atom stereocenters. The lowest BCUT2D eigenvalue weighted by Crippen LogP contribution is -2.44. The van der Waals surface area contributed by atoms with Crippen LogP contribution in [0.1, 0.15) is 24.4 Å². The molecule has 1 fully saturated rings. The predicted molar refractivity (Wildman–Crippen MR) is 85.2 cm³/mol. The largest absolute Gasteiger partial charge is 0.481 e. The van der Waals surface area contributed by atoms with Crippen molar-refractivity contribution in [2.24, 2.45) is 11.7 Å². The highest BCUT2D eigenvalue weighted by atomic mass is 79.9. The number of carbonyl (C=O) groups excluding carboxylic acids is 1.